The Labute approximate surface area is 115 Å². The van der Waals surface area contributed by atoms with Crippen molar-refractivity contribution in [1.82, 2.24) is 10.6 Å². The maximum absolute atomic E-state index is 11.3. The van der Waals surface area contributed by atoms with Crippen molar-refractivity contribution < 1.29 is 8.42 Å². The second-order valence-corrected chi connectivity index (χ2v) is 8.09. The first kappa shape index (κ1) is 14.1. The third-order valence-corrected chi connectivity index (χ3v) is 5.78. The van der Waals surface area contributed by atoms with Gasteiger partial charge in [-0.3, -0.25) is 0 Å². The normalized spacial score (nSPS) is 25.6. The second kappa shape index (κ2) is 6.19. The molecule has 1 heterocycles. The summed E-state index contributed by atoms with van der Waals surface area (Å²) in [5.74, 6) is 0.577. The topological polar surface area (TPSA) is 58.2 Å². The molecule has 0 atom stereocenters. The van der Waals surface area contributed by atoms with Gasteiger partial charge in [0.05, 0.1) is 11.5 Å². The van der Waals surface area contributed by atoms with Gasteiger partial charge < -0.3 is 10.6 Å². The zero-order valence-corrected chi connectivity index (χ0v) is 12.3. The monoisotopic (exact) mass is 290 g/mol. The first-order valence-corrected chi connectivity index (χ1v) is 9.05. The highest BCUT2D eigenvalue weighted by Crippen LogP contribution is 2.17. The molecule has 0 aromatic carbocycles. The fourth-order valence-corrected chi connectivity index (χ4v) is 4.52. The maximum Gasteiger partial charge on any atom is 0.166 e. The molecule has 2 N–H and O–H groups in total. The molecule has 4 nitrogen and oxygen atoms in total. The molecule has 1 saturated heterocycles. The minimum Gasteiger partial charge on any atom is -0.360 e. The summed E-state index contributed by atoms with van der Waals surface area (Å²) in [5, 5.41) is 7.32. The van der Waals surface area contributed by atoms with Crippen molar-refractivity contribution in [3.8, 4) is 0 Å². The molecular weight excluding hydrogens is 268 g/mol. The van der Waals surface area contributed by atoms with E-state index in [0.717, 1.165) is 0 Å². The van der Waals surface area contributed by atoms with E-state index in [1.165, 1.54) is 32.1 Å². The van der Waals surface area contributed by atoms with E-state index in [4.69, 9.17) is 12.2 Å². The predicted octanol–water partition coefficient (Wildman–Crippen LogP) is 1.36. The smallest absolute Gasteiger partial charge is 0.166 e. The molecule has 1 aliphatic heterocycles. The Morgan fingerprint density at radius 3 is 1.94 bits per heavy atom. The fourth-order valence-electron chi connectivity index (χ4n) is 2.69. The average molecular weight is 290 g/mol. The summed E-state index contributed by atoms with van der Waals surface area (Å²) in [6.45, 7) is 0. The Balaban J connectivity index is 1.71. The van der Waals surface area contributed by atoms with Gasteiger partial charge in [-0.15, -0.1) is 0 Å². The van der Waals surface area contributed by atoms with Crippen LogP contribution in [0.3, 0.4) is 0 Å². The highest BCUT2D eigenvalue weighted by atomic mass is 32.2. The number of rotatable bonds is 2. The Kier molecular flexibility index (Phi) is 4.84. The van der Waals surface area contributed by atoms with E-state index in [1.54, 1.807) is 0 Å². The van der Waals surface area contributed by atoms with Crippen molar-refractivity contribution in [3.63, 3.8) is 0 Å². The zero-order chi connectivity index (χ0) is 13.0. The summed E-state index contributed by atoms with van der Waals surface area (Å²) < 4.78 is 22.6. The van der Waals surface area contributed by atoms with Gasteiger partial charge in [0, 0.05) is 12.1 Å². The highest BCUT2D eigenvalue weighted by molar-refractivity contribution is 7.91. The molecule has 1 aliphatic carbocycles. The van der Waals surface area contributed by atoms with Gasteiger partial charge in [-0.1, -0.05) is 19.3 Å². The first-order valence-electron chi connectivity index (χ1n) is 6.83. The van der Waals surface area contributed by atoms with Crippen LogP contribution < -0.4 is 10.6 Å². The van der Waals surface area contributed by atoms with Crippen LogP contribution in [-0.2, 0) is 9.84 Å². The first-order chi connectivity index (χ1) is 8.55. The lowest BCUT2D eigenvalue weighted by Crippen LogP contribution is -2.48. The van der Waals surface area contributed by atoms with Crippen LogP contribution in [0, 0.1) is 0 Å². The molecule has 1 saturated carbocycles. The van der Waals surface area contributed by atoms with Crippen molar-refractivity contribution in [2.24, 2.45) is 0 Å². The summed E-state index contributed by atoms with van der Waals surface area (Å²) in [4.78, 5) is 0. The molecule has 2 fully saturated rings. The van der Waals surface area contributed by atoms with Gasteiger partial charge in [0.25, 0.3) is 0 Å². The Morgan fingerprint density at radius 2 is 1.39 bits per heavy atom. The number of hydrogen-bond acceptors (Lipinski definition) is 3. The van der Waals surface area contributed by atoms with Crippen LogP contribution in [0.25, 0.3) is 0 Å². The summed E-state index contributed by atoms with van der Waals surface area (Å²) in [6.07, 6.45) is 7.63. The van der Waals surface area contributed by atoms with E-state index in [2.05, 4.69) is 10.6 Å². The molecular formula is C12H22N2O2S2. The Hall–Kier alpha value is -0.360. The van der Waals surface area contributed by atoms with E-state index >= 15 is 0 Å². The minimum atomic E-state index is -2.78. The van der Waals surface area contributed by atoms with E-state index < -0.39 is 9.84 Å². The predicted molar refractivity (Wildman–Crippen MR) is 77.4 cm³/mol. The van der Waals surface area contributed by atoms with Gasteiger partial charge in [0.1, 0.15) is 9.84 Å². The summed E-state index contributed by atoms with van der Waals surface area (Å²) in [6, 6.07) is 0.725. The SMILES string of the molecule is O=S1(=O)CCC(NC(=S)NC2CCCCC2)CC1. The van der Waals surface area contributed by atoms with Crippen molar-refractivity contribution in [2.75, 3.05) is 11.5 Å². The van der Waals surface area contributed by atoms with Crippen LogP contribution in [0.1, 0.15) is 44.9 Å². The number of sulfone groups is 1. The molecule has 2 rings (SSSR count). The van der Waals surface area contributed by atoms with Crippen molar-refractivity contribution >= 4 is 27.2 Å². The highest BCUT2D eigenvalue weighted by Gasteiger charge is 2.24. The lowest BCUT2D eigenvalue weighted by atomic mass is 9.96. The molecule has 0 bridgehead atoms. The van der Waals surface area contributed by atoms with Gasteiger partial charge in [-0.25, -0.2) is 8.42 Å². The Morgan fingerprint density at radius 1 is 0.889 bits per heavy atom. The second-order valence-electron chi connectivity index (χ2n) is 5.38. The maximum atomic E-state index is 11.3. The fraction of sp³-hybridized carbons (Fsp3) is 0.917. The summed E-state index contributed by atoms with van der Waals surface area (Å²) >= 11 is 5.30. The lowest BCUT2D eigenvalue weighted by Gasteiger charge is -2.28. The zero-order valence-electron chi connectivity index (χ0n) is 10.7. The molecule has 104 valence electrons. The quantitative estimate of drug-likeness (QED) is 0.752. The van der Waals surface area contributed by atoms with Crippen LogP contribution >= 0.6 is 12.2 Å². The molecule has 0 radical (unpaired) electrons. The van der Waals surface area contributed by atoms with Crippen LogP contribution in [0.5, 0.6) is 0 Å². The molecule has 0 spiro atoms. The number of nitrogens with one attached hydrogen (secondary N) is 2. The minimum absolute atomic E-state index is 0.220. The molecule has 0 unspecified atom stereocenters. The van der Waals surface area contributed by atoms with Gasteiger partial charge in [0.2, 0.25) is 0 Å². The number of hydrogen-bond donors (Lipinski definition) is 2. The standard InChI is InChI=1S/C12H22N2O2S2/c15-18(16)8-6-11(7-9-18)14-12(17)13-10-4-2-1-3-5-10/h10-11H,1-9H2,(H2,13,14,17). The van der Waals surface area contributed by atoms with Crippen LogP contribution in [-0.4, -0.2) is 37.1 Å². The molecule has 6 heteroatoms. The molecule has 0 aromatic rings. The molecule has 0 aromatic heterocycles. The largest absolute Gasteiger partial charge is 0.360 e. The van der Waals surface area contributed by atoms with Gasteiger partial charge >= 0.3 is 0 Å². The third kappa shape index (κ3) is 4.39. The Bertz CT molecular complexity index is 375. The molecule has 18 heavy (non-hydrogen) atoms. The van der Waals surface area contributed by atoms with Crippen molar-refractivity contribution in [2.45, 2.75) is 57.0 Å². The van der Waals surface area contributed by atoms with E-state index in [9.17, 15) is 8.42 Å². The summed E-state index contributed by atoms with van der Waals surface area (Å²) in [7, 11) is -2.78. The van der Waals surface area contributed by atoms with E-state index in [-0.39, 0.29) is 17.5 Å². The van der Waals surface area contributed by atoms with E-state index in [0.29, 0.717) is 24.0 Å². The molecule has 0 amide bonds. The van der Waals surface area contributed by atoms with Crippen molar-refractivity contribution in [1.29, 1.82) is 0 Å². The van der Waals surface area contributed by atoms with Crippen molar-refractivity contribution in [3.05, 3.63) is 0 Å². The summed E-state index contributed by atoms with van der Waals surface area (Å²) in [5.41, 5.74) is 0. The third-order valence-electron chi connectivity index (χ3n) is 3.83. The van der Waals surface area contributed by atoms with Gasteiger partial charge in [-0.2, -0.15) is 0 Å². The number of thiocarbonyl (C=S) groups is 1. The van der Waals surface area contributed by atoms with Gasteiger partial charge in [0.15, 0.2) is 5.11 Å². The van der Waals surface area contributed by atoms with Gasteiger partial charge in [-0.05, 0) is 37.9 Å². The molecule has 2 aliphatic rings. The van der Waals surface area contributed by atoms with Crippen LogP contribution in [0.4, 0.5) is 0 Å². The average Bonchev–Trinajstić information content (AvgIpc) is 2.33. The van der Waals surface area contributed by atoms with Crippen LogP contribution in [0.2, 0.25) is 0 Å². The van der Waals surface area contributed by atoms with Crippen LogP contribution in [0.15, 0.2) is 0 Å². The van der Waals surface area contributed by atoms with E-state index in [1.807, 2.05) is 0 Å². The lowest BCUT2D eigenvalue weighted by molar-refractivity contribution is 0.408.